The molecule has 1 aromatic carbocycles. The summed E-state index contributed by atoms with van der Waals surface area (Å²) < 4.78 is 0. The van der Waals surface area contributed by atoms with E-state index in [2.05, 4.69) is 16.8 Å². The molecular weight excluding hydrogens is 284 g/mol. The molecule has 1 aliphatic rings. The Kier molecular flexibility index (Phi) is 4.01. The van der Waals surface area contributed by atoms with Crippen molar-refractivity contribution in [3.05, 3.63) is 58.3 Å². The van der Waals surface area contributed by atoms with Crippen LogP contribution in [0.4, 0.5) is 0 Å². The van der Waals surface area contributed by atoms with Gasteiger partial charge in [-0.3, -0.25) is 9.59 Å². The van der Waals surface area contributed by atoms with Crippen LogP contribution in [0.5, 0.6) is 0 Å². The molecule has 4 nitrogen and oxygen atoms in total. The lowest BCUT2D eigenvalue weighted by Crippen LogP contribution is -2.54. The third-order valence-corrected chi connectivity index (χ3v) is 4.36. The number of carbonyl (C=O) groups is 2. The van der Waals surface area contributed by atoms with E-state index in [0.29, 0.717) is 6.54 Å². The van der Waals surface area contributed by atoms with E-state index in [0.717, 1.165) is 12.0 Å². The molecule has 0 radical (unpaired) electrons. The fourth-order valence-electron chi connectivity index (χ4n) is 2.55. The average Bonchev–Trinajstić information content (AvgIpc) is 3.02. The summed E-state index contributed by atoms with van der Waals surface area (Å²) in [4.78, 5) is 26.1. The quantitative estimate of drug-likeness (QED) is 0.939. The van der Waals surface area contributed by atoms with E-state index in [-0.39, 0.29) is 18.4 Å². The number of nitrogens with one attached hydrogen (secondary N) is 1. The Bertz CT molecular complexity index is 625. The molecule has 3 rings (SSSR count). The molecule has 1 aliphatic heterocycles. The maximum absolute atomic E-state index is 12.2. The van der Waals surface area contributed by atoms with E-state index >= 15 is 0 Å². The van der Waals surface area contributed by atoms with Gasteiger partial charge in [-0.25, -0.2) is 0 Å². The molecule has 1 aromatic heterocycles. The van der Waals surface area contributed by atoms with Crippen molar-refractivity contribution in [1.82, 2.24) is 10.2 Å². The molecule has 1 N–H and O–H groups in total. The maximum atomic E-state index is 12.2. The zero-order valence-corrected chi connectivity index (χ0v) is 12.3. The first-order valence-corrected chi connectivity index (χ1v) is 7.83. The van der Waals surface area contributed by atoms with Gasteiger partial charge in [0.05, 0.1) is 6.54 Å². The highest BCUT2D eigenvalue weighted by molar-refractivity contribution is 7.07. The van der Waals surface area contributed by atoms with E-state index in [1.807, 2.05) is 35.7 Å². The summed E-state index contributed by atoms with van der Waals surface area (Å²) in [5.41, 5.74) is 2.05. The summed E-state index contributed by atoms with van der Waals surface area (Å²) in [6.07, 6.45) is 0.770. The first kappa shape index (κ1) is 13.8. The summed E-state index contributed by atoms with van der Waals surface area (Å²) in [5, 5.41) is 6.77. The van der Waals surface area contributed by atoms with Crippen LogP contribution in [-0.2, 0) is 16.0 Å². The Balaban J connectivity index is 1.82. The number of rotatable bonds is 4. The highest BCUT2D eigenvalue weighted by Gasteiger charge is 2.35. The fourth-order valence-corrected chi connectivity index (χ4v) is 3.25. The van der Waals surface area contributed by atoms with Gasteiger partial charge in [0, 0.05) is 6.54 Å². The van der Waals surface area contributed by atoms with Crippen molar-refractivity contribution in [3.63, 3.8) is 0 Å². The molecule has 0 spiro atoms. The molecule has 1 unspecified atom stereocenters. The van der Waals surface area contributed by atoms with Crippen LogP contribution in [-0.4, -0.2) is 29.8 Å². The van der Waals surface area contributed by atoms with Gasteiger partial charge in [-0.2, -0.15) is 11.3 Å². The first-order chi connectivity index (χ1) is 10.3. The molecule has 21 heavy (non-hydrogen) atoms. The molecule has 1 saturated heterocycles. The third kappa shape index (κ3) is 2.97. The van der Waals surface area contributed by atoms with E-state index < -0.39 is 6.04 Å². The number of hydrogen-bond donors (Lipinski definition) is 1. The van der Waals surface area contributed by atoms with Crippen molar-refractivity contribution in [1.29, 1.82) is 0 Å². The number of carbonyl (C=O) groups excluding carboxylic acids is 2. The summed E-state index contributed by atoms with van der Waals surface area (Å²) in [7, 11) is 0. The molecule has 0 saturated carbocycles. The second-order valence-corrected chi connectivity index (χ2v) is 5.78. The minimum Gasteiger partial charge on any atom is -0.345 e. The van der Waals surface area contributed by atoms with Gasteiger partial charge in [-0.05, 0) is 34.4 Å². The number of thiophene rings is 1. The number of nitrogens with zero attached hydrogens (tertiary/aromatic N) is 1. The lowest BCUT2D eigenvalue weighted by molar-refractivity contribution is -0.145. The van der Waals surface area contributed by atoms with Crippen LogP contribution in [0.3, 0.4) is 0 Å². The Hall–Kier alpha value is -2.14. The molecule has 2 aromatic rings. The van der Waals surface area contributed by atoms with Crippen molar-refractivity contribution in [2.75, 3.05) is 13.1 Å². The van der Waals surface area contributed by atoms with Gasteiger partial charge in [0.15, 0.2) is 0 Å². The Morgan fingerprint density at radius 3 is 2.71 bits per heavy atom. The van der Waals surface area contributed by atoms with Crippen LogP contribution in [0.15, 0.2) is 47.2 Å². The normalized spacial score (nSPS) is 18.7. The monoisotopic (exact) mass is 300 g/mol. The molecule has 0 aliphatic carbocycles. The number of piperazine rings is 1. The maximum Gasteiger partial charge on any atom is 0.247 e. The predicted octanol–water partition coefficient (Wildman–Crippen LogP) is 1.99. The molecule has 5 heteroatoms. The first-order valence-electron chi connectivity index (χ1n) is 6.89. The van der Waals surface area contributed by atoms with Crippen LogP contribution >= 0.6 is 11.3 Å². The van der Waals surface area contributed by atoms with E-state index in [4.69, 9.17) is 0 Å². The van der Waals surface area contributed by atoms with Crippen molar-refractivity contribution < 1.29 is 9.59 Å². The van der Waals surface area contributed by atoms with Gasteiger partial charge in [-0.1, -0.05) is 30.3 Å². The van der Waals surface area contributed by atoms with Gasteiger partial charge in [0.2, 0.25) is 11.8 Å². The van der Waals surface area contributed by atoms with Crippen LogP contribution in [0.2, 0.25) is 0 Å². The lowest BCUT2D eigenvalue weighted by atomic mass is 10.0. The van der Waals surface area contributed by atoms with Crippen LogP contribution < -0.4 is 5.32 Å². The van der Waals surface area contributed by atoms with Crippen molar-refractivity contribution >= 4 is 23.2 Å². The second-order valence-electron chi connectivity index (χ2n) is 5.00. The second kappa shape index (κ2) is 6.10. The highest BCUT2D eigenvalue weighted by atomic mass is 32.1. The Labute approximate surface area is 127 Å². The summed E-state index contributed by atoms with van der Waals surface area (Å²) >= 11 is 1.64. The predicted molar refractivity (Wildman–Crippen MR) is 81.9 cm³/mol. The fraction of sp³-hybridized carbons (Fsp3) is 0.250. The zero-order chi connectivity index (χ0) is 14.7. The smallest absolute Gasteiger partial charge is 0.247 e. The largest absolute Gasteiger partial charge is 0.345 e. The molecule has 0 bridgehead atoms. The highest BCUT2D eigenvalue weighted by Crippen LogP contribution is 2.24. The van der Waals surface area contributed by atoms with Crippen LogP contribution in [0, 0.1) is 0 Å². The molecule has 1 fully saturated rings. The van der Waals surface area contributed by atoms with Gasteiger partial charge in [-0.15, -0.1) is 0 Å². The molecule has 1 atom stereocenters. The molecular formula is C16H16N2O2S. The molecule has 2 amide bonds. The van der Waals surface area contributed by atoms with Crippen LogP contribution in [0.1, 0.15) is 17.2 Å². The minimum atomic E-state index is -0.522. The summed E-state index contributed by atoms with van der Waals surface area (Å²) in [6, 6.07) is 11.0. The van der Waals surface area contributed by atoms with Crippen molar-refractivity contribution in [2.24, 2.45) is 0 Å². The van der Waals surface area contributed by atoms with Crippen molar-refractivity contribution in [3.8, 4) is 0 Å². The SMILES string of the molecule is O=C1NCC(=O)N(CCc2ccsc2)C1c1ccccc1. The van der Waals surface area contributed by atoms with E-state index in [1.165, 1.54) is 5.56 Å². The Morgan fingerprint density at radius 1 is 1.19 bits per heavy atom. The lowest BCUT2D eigenvalue weighted by Gasteiger charge is -2.35. The summed E-state index contributed by atoms with van der Waals surface area (Å²) in [6.45, 7) is 0.647. The average molecular weight is 300 g/mol. The summed E-state index contributed by atoms with van der Waals surface area (Å²) in [5.74, 6) is -0.134. The van der Waals surface area contributed by atoms with E-state index in [1.54, 1.807) is 16.2 Å². The number of amides is 2. The standard InChI is InChI=1S/C16H16N2O2S/c19-14-10-17-16(20)15(13-4-2-1-3-5-13)18(14)8-6-12-7-9-21-11-12/h1-5,7,9,11,15H,6,8,10H2,(H,17,20). The topological polar surface area (TPSA) is 49.4 Å². The molecule has 2 heterocycles. The van der Waals surface area contributed by atoms with Crippen molar-refractivity contribution in [2.45, 2.75) is 12.5 Å². The number of benzene rings is 1. The van der Waals surface area contributed by atoms with Gasteiger partial charge in [0.1, 0.15) is 6.04 Å². The zero-order valence-electron chi connectivity index (χ0n) is 11.5. The van der Waals surface area contributed by atoms with Crippen LogP contribution in [0.25, 0.3) is 0 Å². The minimum absolute atomic E-state index is 0.0290. The Morgan fingerprint density at radius 2 is 2.00 bits per heavy atom. The van der Waals surface area contributed by atoms with Gasteiger partial charge in [0.25, 0.3) is 0 Å². The molecule has 108 valence electrons. The van der Waals surface area contributed by atoms with Gasteiger partial charge < -0.3 is 10.2 Å². The van der Waals surface area contributed by atoms with E-state index in [9.17, 15) is 9.59 Å². The number of hydrogen-bond acceptors (Lipinski definition) is 3. The third-order valence-electron chi connectivity index (χ3n) is 3.63. The van der Waals surface area contributed by atoms with Gasteiger partial charge >= 0.3 is 0 Å².